The monoisotopic (exact) mass is 400 g/mol. The van der Waals surface area contributed by atoms with Crippen LogP contribution in [0.4, 0.5) is 11.4 Å². The van der Waals surface area contributed by atoms with Gasteiger partial charge in [0.05, 0.1) is 18.4 Å². The summed E-state index contributed by atoms with van der Waals surface area (Å²) < 4.78 is 5.17. The average molecular weight is 401 g/mol. The molecule has 1 aliphatic heterocycles. The van der Waals surface area contributed by atoms with E-state index in [2.05, 4.69) is 0 Å². The summed E-state index contributed by atoms with van der Waals surface area (Å²) in [5, 5.41) is 11.3. The Bertz CT molecular complexity index is 995. The Hall–Kier alpha value is -2.79. The van der Waals surface area contributed by atoms with E-state index in [9.17, 15) is 9.90 Å². The summed E-state index contributed by atoms with van der Waals surface area (Å²) in [6, 6.07) is 12.4. The molecule has 3 rings (SSSR count). The number of rotatable bonds is 3. The van der Waals surface area contributed by atoms with Crippen molar-refractivity contribution < 1.29 is 14.6 Å². The third-order valence-electron chi connectivity index (χ3n) is 4.46. The van der Waals surface area contributed by atoms with Crippen molar-refractivity contribution in [3.63, 3.8) is 0 Å². The minimum absolute atomic E-state index is 0.102. The molecule has 0 saturated heterocycles. The number of aliphatic hydroxyl groups excluding tert-OH is 1. The Balaban J connectivity index is 2.10. The van der Waals surface area contributed by atoms with E-state index in [1.165, 1.54) is 0 Å². The van der Waals surface area contributed by atoms with Gasteiger partial charge in [0.25, 0.3) is 0 Å². The minimum Gasteiger partial charge on any atom is -0.506 e. The van der Waals surface area contributed by atoms with Gasteiger partial charge in [0.15, 0.2) is 5.94 Å². The summed E-state index contributed by atoms with van der Waals surface area (Å²) in [4.78, 5) is 15.3. The van der Waals surface area contributed by atoms with Crippen molar-refractivity contribution in [1.29, 1.82) is 0 Å². The van der Waals surface area contributed by atoms with Gasteiger partial charge in [-0.1, -0.05) is 23.8 Å². The molecule has 0 aromatic heterocycles. The van der Waals surface area contributed by atoms with E-state index in [1.807, 2.05) is 18.1 Å². The maximum Gasteiger partial charge on any atom is 0.151 e. The van der Waals surface area contributed by atoms with Gasteiger partial charge in [0.2, 0.25) is 0 Å². The molecule has 0 amide bonds. The Morgan fingerprint density at radius 3 is 2.52 bits per heavy atom. The smallest absolute Gasteiger partial charge is 0.151 e. The highest BCUT2D eigenvalue weighted by molar-refractivity contribution is 7.81. The Morgan fingerprint density at radius 2 is 1.93 bits per heavy atom. The average Bonchev–Trinajstić information content (AvgIpc) is 2.69. The van der Waals surface area contributed by atoms with E-state index in [0.29, 0.717) is 16.3 Å². The van der Waals surface area contributed by atoms with Crippen molar-refractivity contribution in [1.82, 2.24) is 0 Å². The zero-order chi connectivity index (χ0) is 19.7. The molecular formula is C20H17ClN2O3S. The third-order valence-corrected chi connectivity index (χ3v) is 5.17. The molecule has 2 aromatic rings. The maximum absolute atomic E-state index is 11.7. The predicted molar refractivity (Wildman–Crippen MR) is 113 cm³/mol. The number of ether oxygens (including phenoxy) is 1. The maximum atomic E-state index is 11.7. The molecule has 5 nitrogen and oxygen atoms in total. The number of hydrogen-bond donors (Lipinski definition) is 1. The fraction of sp³-hybridized carbons (Fsp3) is 0.150. The molecule has 27 heavy (non-hydrogen) atoms. The van der Waals surface area contributed by atoms with E-state index in [0.717, 1.165) is 11.4 Å². The Morgan fingerprint density at radius 1 is 1.26 bits per heavy atom. The van der Waals surface area contributed by atoms with Gasteiger partial charge >= 0.3 is 0 Å². The predicted octanol–water partition coefficient (Wildman–Crippen LogP) is 4.25. The fourth-order valence-corrected chi connectivity index (χ4v) is 3.41. The van der Waals surface area contributed by atoms with Crippen LogP contribution in [0.3, 0.4) is 0 Å². The molecule has 1 N–H and O–H groups in total. The lowest BCUT2D eigenvalue weighted by molar-refractivity contribution is 0.415. The van der Waals surface area contributed by atoms with Gasteiger partial charge in [0, 0.05) is 30.4 Å². The molecule has 0 fully saturated rings. The summed E-state index contributed by atoms with van der Waals surface area (Å²) >= 11 is 11.7. The number of halogens is 1. The van der Waals surface area contributed by atoms with Crippen molar-refractivity contribution in [3.8, 4) is 5.75 Å². The first-order valence-corrected chi connectivity index (χ1v) is 8.82. The first-order chi connectivity index (χ1) is 12.9. The van der Waals surface area contributed by atoms with E-state index < -0.39 is 0 Å². The summed E-state index contributed by atoms with van der Waals surface area (Å²) in [6.07, 6.45) is 0. The highest BCUT2D eigenvalue weighted by atomic mass is 35.5. The SMILES string of the molecule is COc1ccc(N(C)C(=S)C2=C(O)c3cc(Cl)ccc3N(C)C2=C=O)cc1. The van der Waals surface area contributed by atoms with Gasteiger partial charge in [-0.05, 0) is 42.5 Å². The molecular weight excluding hydrogens is 384 g/mol. The van der Waals surface area contributed by atoms with Gasteiger partial charge in [-0.2, -0.15) is 0 Å². The van der Waals surface area contributed by atoms with Gasteiger partial charge in [-0.3, -0.25) is 0 Å². The molecule has 0 saturated carbocycles. The van der Waals surface area contributed by atoms with Crippen molar-refractivity contribution in [2.75, 3.05) is 31.0 Å². The summed E-state index contributed by atoms with van der Waals surface area (Å²) in [6.45, 7) is 0. The van der Waals surface area contributed by atoms with Gasteiger partial charge < -0.3 is 19.6 Å². The molecule has 0 radical (unpaired) electrons. The van der Waals surface area contributed by atoms with Crippen LogP contribution in [0.5, 0.6) is 5.75 Å². The normalized spacial score (nSPS) is 13.2. The molecule has 0 unspecified atom stereocenters. The lowest BCUT2D eigenvalue weighted by Gasteiger charge is -2.32. The van der Waals surface area contributed by atoms with Crippen molar-refractivity contribution in [3.05, 3.63) is 64.3 Å². The number of hydrogen-bond acceptors (Lipinski definition) is 5. The summed E-state index contributed by atoms with van der Waals surface area (Å²) in [7, 11) is 5.07. The minimum atomic E-state index is -0.102. The second kappa shape index (κ2) is 7.45. The van der Waals surface area contributed by atoms with Gasteiger partial charge in [0.1, 0.15) is 22.2 Å². The van der Waals surface area contributed by atoms with Crippen LogP contribution in [-0.4, -0.2) is 37.2 Å². The molecule has 0 aliphatic carbocycles. The topological polar surface area (TPSA) is 53.0 Å². The molecule has 0 bridgehead atoms. The Labute approximate surface area is 167 Å². The molecule has 2 aromatic carbocycles. The van der Waals surface area contributed by atoms with E-state index >= 15 is 0 Å². The summed E-state index contributed by atoms with van der Waals surface area (Å²) in [5.74, 6) is 2.52. The van der Waals surface area contributed by atoms with Gasteiger partial charge in [-0.25, -0.2) is 4.79 Å². The number of thiocarbonyl (C=S) groups is 1. The summed E-state index contributed by atoms with van der Waals surface area (Å²) in [5.41, 5.74) is 2.33. The largest absolute Gasteiger partial charge is 0.506 e. The van der Waals surface area contributed by atoms with Crippen LogP contribution in [0.25, 0.3) is 5.76 Å². The van der Waals surface area contributed by atoms with Crippen LogP contribution >= 0.6 is 23.8 Å². The lowest BCUT2D eigenvalue weighted by atomic mass is 9.97. The third kappa shape index (κ3) is 3.30. The van der Waals surface area contributed by atoms with Crippen LogP contribution in [0.15, 0.2) is 53.7 Å². The highest BCUT2D eigenvalue weighted by Gasteiger charge is 2.32. The van der Waals surface area contributed by atoms with Crippen LogP contribution in [0, 0.1) is 0 Å². The first kappa shape index (κ1) is 19.0. The van der Waals surface area contributed by atoms with Crippen LogP contribution < -0.4 is 14.5 Å². The number of fused-ring (bicyclic) bond motifs is 1. The molecule has 0 spiro atoms. The second-order valence-corrected chi connectivity index (χ2v) is 6.78. The number of methoxy groups -OCH3 is 1. The van der Waals surface area contributed by atoms with Crippen LogP contribution in [0.2, 0.25) is 5.02 Å². The number of likely N-dealkylation sites (N-methyl/N-ethyl adjacent to an activating group) is 2. The van der Waals surface area contributed by atoms with E-state index in [-0.39, 0.29) is 22.0 Å². The van der Waals surface area contributed by atoms with Crippen molar-refractivity contribution in [2.45, 2.75) is 0 Å². The number of aliphatic hydroxyl groups is 1. The Kier molecular flexibility index (Phi) is 5.24. The lowest BCUT2D eigenvalue weighted by Crippen LogP contribution is -2.34. The highest BCUT2D eigenvalue weighted by Crippen LogP contribution is 2.39. The fourth-order valence-electron chi connectivity index (χ4n) is 2.94. The molecule has 138 valence electrons. The molecule has 0 atom stereocenters. The van der Waals surface area contributed by atoms with Crippen molar-refractivity contribution >= 4 is 51.9 Å². The zero-order valence-corrected chi connectivity index (χ0v) is 16.6. The number of anilines is 2. The molecule has 7 heteroatoms. The number of nitrogens with zero attached hydrogens (tertiary/aromatic N) is 2. The van der Waals surface area contributed by atoms with Crippen molar-refractivity contribution in [2.24, 2.45) is 0 Å². The quantitative estimate of drug-likeness (QED) is 0.614. The molecule has 1 heterocycles. The van der Waals surface area contributed by atoms with E-state index in [1.54, 1.807) is 61.3 Å². The van der Waals surface area contributed by atoms with Crippen LogP contribution in [0.1, 0.15) is 5.56 Å². The number of benzene rings is 2. The molecule has 1 aliphatic rings. The van der Waals surface area contributed by atoms with Gasteiger partial charge in [-0.15, -0.1) is 0 Å². The van der Waals surface area contributed by atoms with Crippen LogP contribution in [-0.2, 0) is 4.79 Å². The second-order valence-electron chi connectivity index (χ2n) is 5.96. The van der Waals surface area contributed by atoms with E-state index in [4.69, 9.17) is 28.6 Å². The zero-order valence-electron chi connectivity index (χ0n) is 15.0. The first-order valence-electron chi connectivity index (χ1n) is 8.03. The standard InChI is InChI=1S/C20H17ClN2O3S/c1-22(13-5-7-14(26-3)8-6-13)20(27)18-17(11-24)23(2)16-9-4-12(21)10-15(16)19(18)25/h4-10,25H,1-3H3. The number of carbonyl (C=O) groups excluding carboxylic acids is 1.